The lowest BCUT2D eigenvalue weighted by Gasteiger charge is -2.35. The van der Waals surface area contributed by atoms with E-state index in [1.54, 1.807) is 0 Å². The lowest BCUT2D eigenvalue weighted by molar-refractivity contribution is 0.0708. The molecule has 18 heavy (non-hydrogen) atoms. The van der Waals surface area contributed by atoms with Crippen LogP contribution >= 0.6 is 0 Å². The van der Waals surface area contributed by atoms with E-state index in [-0.39, 0.29) is 5.54 Å². The van der Waals surface area contributed by atoms with Crippen LogP contribution in [0, 0.1) is 0 Å². The molecule has 1 aliphatic heterocycles. The van der Waals surface area contributed by atoms with Crippen LogP contribution in [0.2, 0.25) is 0 Å². The number of nitrogens with one attached hydrogen (secondary N) is 1. The summed E-state index contributed by atoms with van der Waals surface area (Å²) in [6.07, 6.45) is 3.85. The van der Waals surface area contributed by atoms with Crippen molar-refractivity contribution in [3.05, 3.63) is 0 Å². The van der Waals surface area contributed by atoms with Crippen LogP contribution < -0.4 is 5.32 Å². The van der Waals surface area contributed by atoms with Crippen molar-refractivity contribution < 1.29 is 4.74 Å². The van der Waals surface area contributed by atoms with Gasteiger partial charge in [0.15, 0.2) is 0 Å². The fourth-order valence-corrected chi connectivity index (χ4v) is 2.40. The van der Waals surface area contributed by atoms with Crippen molar-refractivity contribution in [1.29, 1.82) is 0 Å². The Morgan fingerprint density at radius 3 is 2.17 bits per heavy atom. The Hall–Kier alpha value is -0.120. The predicted octanol–water partition coefficient (Wildman–Crippen LogP) is 2.66. The molecule has 0 unspecified atom stereocenters. The zero-order valence-electron chi connectivity index (χ0n) is 13.0. The van der Waals surface area contributed by atoms with Crippen molar-refractivity contribution in [2.45, 2.75) is 65.0 Å². The predicted molar refractivity (Wildman–Crippen MR) is 78.1 cm³/mol. The summed E-state index contributed by atoms with van der Waals surface area (Å²) in [7, 11) is 0. The lowest BCUT2D eigenvalue weighted by atomic mass is 9.99. The maximum Gasteiger partial charge on any atom is 0.0591 e. The number of hydrogen-bond donors (Lipinski definition) is 1. The minimum absolute atomic E-state index is 0.193. The third-order valence-corrected chi connectivity index (χ3v) is 3.72. The van der Waals surface area contributed by atoms with Gasteiger partial charge in [-0.2, -0.15) is 0 Å². The number of nitrogens with zero attached hydrogens (tertiary/aromatic N) is 1. The van der Waals surface area contributed by atoms with E-state index in [4.69, 9.17) is 4.74 Å². The second-order valence-electron chi connectivity index (χ2n) is 7.05. The van der Waals surface area contributed by atoms with E-state index in [0.717, 1.165) is 26.2 Å². The molecule has 1 aliphatic rings. The van der Waals surface area contributed by atoms with Crippen LogP contribution in [0.15, 0.2) is 0 Å². The molecule has 3 nitrogen and oxygen atoms in total. The summed E-state index contributed by atoms with van der Waals surface area (Å²) >= 11 is 0. The monoisotopic (exact) mass is 256 g/mol. The van der Waals surface area contributed by atoms with Crippen molar-refractivity contribution >= 4 is 0 Å². The van der Waals surface area contributed by atoms with Gasteiger partial charge in [-0.05, 0) is 67.0 Å². The van der Waals surface area contributed by atoms with Gasteiger partial charge in [0.1, 0.15) is 0 Å². The highest BCUT2D eigenvalue weighted by molar-refractivity contribution is 4.84. The summed E-state index contributed by atoms with van der Waals surface area (Å²) in [6.45, 7) is 16.4. The molecule has 0 saturated carbocycles. The molecule has 0 aromatic rings. The van der Waals surface area contributed by atoms with Gasteiger partial charge in [0.05, 0.1) is 6.61 Å². The van der Waals surface area contributed by atoms with Crippen LogP contribution in [0.25, 0.3) is 0 Å². The molecule has 1 rings (SSSR count). The second-order valence-corrected chi connectivity index (χ2v) is 7.05. The molecule has 3 heteroatoms. The molecular formula is C15H32N2O. The van der Waals surface area contributed by atoms with Crippen molar-refractivity contribution in [2.24, 2.45) is 0 Å². The van der Waals surface area contributed by atoms with Gasteiger partial charge < -0.3 is 10.1 Å². The van der Waals surface area contributed by atoms with E-state index >= 15 is 0 Å². The zero-order valence-corrected chi connectivity index (χ0v) is 13.0. The molecule has 0 aromatic carbocycles. The van der Waals surface area contributed by atoms with Crippen LogP contribution in [0.5, 0.6) is 0 Å². The number of ether oxygens (including phenoxy) is 1. The van der Waals surface area contributed by atoms with E-state index in [1.165, 1.54) is 25.9 Å². The highest BCUT2D eigenvalue weighted by atomic mass is 16.5. The van der Waals surface area contributed by atoms with Crippen LogP contribution in [-0.2, 0) is 4.74 Å². The first-order valence-electron chi connectivity index (χ1n) is 7.39. The third-order valence-electron chi connectivity index (χ3n) is 3.72. The molecule has 0 aliphatic carbocycles. The Morgan fingerprint density at radius 2 is 1.61 bits per heavy atom. The topological polar surface area (TPSA) is 24.5 Å². The van der Waals surface area contributed by atoms with Crippen molar-refractivity contribution in [1.82, 2.24) is 10.2 Å². The molecule has 0 amide bonds. The van der Waals surface area contributed by atoms with Crippen LogP contribution in [0.1, 0.15) is 53.9 Å². The second kappa shape index (κ2) is 6.88. The molecule has 0 aromatic heterocycles. The Bertz CT molecular complexity index is 227. The van der Waals surface area contributed by atoms with E-state index in [0.29, 0.717) is 5.54 Å². The fourth-order valence-electron chi connectivity index (χ4n) is 2.40. The Balaban J connectivity index is 2.06. The van der Waals surface area contributed by atoms with Crippen LogP contribution in [0.3, 0.4) is 0 Å². The summed E-state index contributed by atoms with van der Waals surface area (Å²) in [5.41, 5.74) is 0.492. The molecule has 1 heterocycles. The van der Waals surface area contributed by atoms with Gasteiger partial charge in [0.25, 0.3) is 0 Å². The number of rotatable bonds is 7. The first-order chi connectivity index (χ1) is 8.31. The average Bonchev–Trinajstić information content (AvgIpc) is 2.75. The standard InChI is InChI=1S/C15H32N2O/c1-14(2,3)16-9-13-18-12-8-15(4,5)17-10-6-7-11-17/h16H,6-13H2,1-5H3. The molecule has 1 fully saturated rings. The molecule has 0 radical (unpaired) electrons. The summed E-state index contributed by atoms with van der Waals surface area (Å²) < 4.78 is 5.74. The Morgan fingerprint density at radius 1 is 1.00 bits per heavy atom. The molecule has 108 valence electrons. The Kier molecular flexibility index (Phi) is 6.09. The van der Waals surface area contributed by atoms with E-state index in [2.05, 4.69) is 44.8 Å². The zero-order chi connectivity index (χ0) is 13.6. The van der Waals surface area contributed by atoms with E-state index < -0.39 is 0 Å². The maximum absolute atomic E-state index is 5.74. The average molecular weight is 256 g/mol. The molecular weight excluding hydrogens is 224 g/mol. The van der Waals surface area contributed by atoms with Gasteiger partial charge in [0, 0.05) is 24.2 Å². The van der Waals surface area contributed by atoms with Gasteiger partial charge in [-0.3, -0.25) is 4.90 Å². The van der Waals surface area contributed by atoms with Gasteiger partial charge in [-0.25, -0.2) is 0 Å². The highest BCUT2D eigenvalue weighted by Crippen LogP contribution is 2.23. The van der Waals surface area contributed by atoms with Crippen molar-refractivity contribution in [3.8, 4) is 0 Å². The highest BCUT2D eigenvalue weighted by Gasteiger charge is 2.28. The summed E-state index contributed by atoms with van der Waals surface area (Å²) in [4.78, 5) is 2.60. The van der Waals surface area contributed by atoms with Crippen molar-refractivity contribution in [3.63, 3.8) is 0 Å². The van der Waals surface area contributed by atoms with Gasteiger partial charge in [-0.1, -0.05) is 0 Å². The van der Waals surface area contributed by atoms with Gasteiger partial charge in [0.2, 0.25) is 0 Å². The molecule has 0 bridgehead atoms. The van der Waals surface area contributed by atoms with Gasteiger partial charge in [-0.15, -0.1) is 0 Å². The smallest absolute Gasteiger partial charge is 0.0591 e. The SMILES string of the molecule is CC(C)(C)NCCOCCC(C)(C)N1CCCC1. The third kappa shape index (κ3) is 6.17. The van der Waals surface area contributed by atoms with Crippen LogP contribution in [-0.4, -0.2) is 48.8 Å². The van der Waals surface area contributed by atoms with Crippen molar-refractivity contribution in [2.75, 3.05) is 32.8 Å². The molecule has 1 saturated heterocycles. The lowest BCUT2D eigenvalue weighted by Crippen LogP contribution is -2.43. The first kappa shape index (κ1) is 15.9. The normalized spacial score (nSPS) is 18.5. The van der Waals surface area contributed by atoms with Gasteiger partial charge >= 0.3 is 0 Å². The molecule has 0 spiro atoms. The maximum atomic E-state index is 5.74. The van der Waals surface area contributed by atoms with Crippen LogP contribution in [0.4, 0.5) is 0 Å². The quantitative estimate of drug-likeness (QED) is 0.709. The minimum atomic E-state index is 0.193. The largest absolute Gasteiger partial charge is 0.380 e. The minimum Gasteiger partial charge on any atom is -0.380 e. The van der Waals surface area contributed by atoms with E-state index in [9.17, 15) is 0 Å². The fraction of sp³-hybridized carbons (Fsp3) is 1.00. The summed E-state index contributed by atoms with van der Waals surface area (Å²) in [5.74, 6) is 0. The summed E-state index contributed by atoms with van der Waals surface area (Å²) in [6, 6.07) is 0. The van der Waals surface area contributed by atoms with E-state index in [1.807, 2.05) is 0 Å². The summed E-state index contributed by atoms with van der Waals surface area (Å²) in [5, 5.41) is 3.44. The number of hydrogen-bond acceptors (Lipinski definition) is 3. The molecule has 1 N–H and O–H groups in total. The molecule has 0 atom stereocenters. The Labute approximate surface area is 113 Å². The number of likely N-dealkylation sites (tertiary alicyclic amines) is 1. The first-order valence-corrected chi connectivity index (χ1v) is 7.39.